The van der Waals surface area contributed by atoms with Crippen molar-refractivity contribution < 1.29 is 9.53 Å². The number of hydrogen-bond donors (Lipinski definition) is 2. The molecule has 9 heteroatoms. The van der Waals surface area contributed by atoms with E-state index in [-0.39, 0.29) is 24.0 Å². The van der Waals surface area contributed by atoms with Gasteiger partial charge in [0.15, 0.2) is 11.8 Å². The SMILES string of the molecule is CCCCN(C(=O)C(C)Oc1ccc(C#N)cc1)c1c(N)n(CC(C)C)c(=O)[nH]c1=O. The van der Waals surface area contributed by atoms with Crippen LogP contribution in [0.25, 0.3) is 0 Å². The van der Waals surface area contributed by atoms with Crippen LogP contribution in [-0.2, 0) is 11.3 Å². The predicted octanol–water partition coefficient (Wildman–Crippen LogP) is 2.25. The van der Waals surface area contributed by atoms with E-state index >= 15 is 0 Å². The van der Waals surface area contributed by atoms with Crippen molar-refractivity contribution in [2.24, 2.45) is 5.92 Å². The molecule has 1 atom stereocenters. The highest BCUT2D eigenvalue weighted by atomic mass is 16.5. The van der Waals surface area contributed by atoms with Crippen molar-refractivity contribution in [3.63, 3.8) is 0 Å². The Hall–Kier alpha value is -3.54. The fourth-order valence-electron chi connectivity index (χ4n) is 3.12. The minimum Gasteiger partial charge on any atom is -0.481 e. The molecule has 0 spiro atoms. The number of carbonyl (C=O) groups excluding carboxylic acids is 1. The zero-order chi connectivity index (χ0) is 23.1. The van der Waals surface area contributed by atoms with Crippen molar-refractivity contribution in [1.82, 2.24) is 9.55 Å². The molecule has 1 heterocycles. The lowest BCUT2D eigenvalue weighted by Crippen LogP contribution is -2.46. The zero-order valence-corrected chi connectivity index (χ0v) is 18.3. The van der Waals surface area contributed by atoms with Crippen LogP contribution in [0.2, 0.25) is 0 Å². The number of H-pyrrole nitrogens is 1. The molecule has 31 heavy (non-hydrogen) atoms. The second-order valence-electron chi connectivity index (χ2n) is 7.74. The van der Waals surface area contributed by atoms with E-state index in [1.807, 2.05) is 26.8 Å². The molecule has 0 saturated heterocycles. The first kappa shape index (κ1) is 23.7. The Kier molecular flexibility index (Phi) is 8.02. The van der Waals surface area contributed by atoms with Crippen molar-refractivity contribution in [2.75, 3.05) is 17.2 Å². The standard InChI is InChI=1S/C22H29N5O4/c1-5-6-11-26(18-19(24)27(13-14(2)3)22(30)25-20(18)28)21(29)15(4)31-17-9-7-16(12-23)8-10-17/h7-10,14-15H,5-6,11,13,24H2,1-4H3,(H,25,28,30). The fraction of sp³-hybridized carbons (Fsp3) is 0.455. The summed E-state index contributed by atoms with van der Waals surface area (Å²) in [7, 11) is 0. The molecule has 1 aromatic heterocycles. The Morgan fingerprint density at radius 1 is 1.26 bits per heavy atom. The number of nitriles is 1. The first-order valence-corrected chi connectivity index (χ1v) is 10.3. The third kappa shape index (κ3) is 5.75. The van der Waals surface area contributed by atoms with Gasteiger partial charge in [-0.25, -0.2) is 4.79 Å². The molecule has 0 radical (unpaired) electrons. The van der Waals surface area contributed by atoms with Gasteiger partial charge in [-0.15, -0.1) is 0 Å². The summed E-state index contributed by atoms with van der Waals surface area (Å²) < 4.78 is 7.01. The normalized spacial score (nSPS) is 11.7. The fourth-order valence-corrected chi connectivity index (χ4v) is 3.12. The van der Waals surface area contributed by atoms with Crippen LogP contribution < -0.4 is 26.6 Å². The highest BCUT2D eigenvalue weighted by molar-refractivity contribution is 5.98. The van der Waals surface area contributed by atoms with E-state index in [0.717, 1.165) is 6.42 Å². The minimum atomic E-state index is -0.922. The molecule has 0 bridgehead atoms. The molecule has 166 valence electrons. The first-order chi connectivity index (χ1) is 14.7. The van der Waals surface area contributed by atoms with Gasteiger partial charge in [-0.3, -0.25) is 19.1 Å². The van der Waals surface area contributed by atoms with Crippen molar-refractivity contribution >= 4 is 17.4 Å². The lowest BCUT2D eigenvalue weighted by molar-refractivity contribution is -0.124. The highest BCUT2D eigenvalue weighted by Gasteiger charge is 2.28. The summed E-state index contributed by atoms with van der Waals surface area (Å²) in [5.74, 6) is 0.0290. The topological polar surface area (TPSA) is 134 Å². The number of anilines is 2. The van der Waals surface area contributed by atoms with E-state index in [0.29, 0.717) is 24.3 Å². The van der Waals surface area contributed by atoms with Crippen LogP contribution in [0.3, 0.4) is 0 Å². The van der Waals surface area contributed by atoms with Gasteiger partial charge in [-0.2, -0.15) is 5.26 Å². The van der Waals surface area contributed by atoms with Gasteiger partial charge in [0.1, 0.15) is 11.6 Å². The first-order valence-electron chi connectivity index (χ1n) is 10.3. The largest absolute Gasteiger partial charge is 0.481 e. The van der Waals surface area contributed by atoms with Crippen molar-refractivity contribution in [2.45, 2.75) is 53.2 Å². The average molecular weight is 428 g/mol. The van der Waals surface area contributed by atoms with Gasteiger partial charge in [0.05, 0.1) is 11.6 Å². The summed E-state index contributed by atoms with van der Waals surface area (Å²) in [6, 6.07) is 8.40. The molecular formula is C22H29N5O4. The lowest BCUT2D eigenvalue weighted by Gasteiger charge is -2.27. The summed E-state index contributed by atoms with van der Waals surface area (Å²) in [6.45, 7) is 7.94. The maximum Gasteiger partial charge on any atom is 0.330 e. The average Bonchev–Trinajstić information content (AvgIpc) is 2.73. The van der Waals surface area contributed by atoms with Gasteiger partial charge >= 0.3 is 5.69 Å². The number of aromatic nitrogens is 2. The van der Waals surface area contributed by atoms with Crippen LogP contribution in [0.4, 0.5) is 11.5 Å². The molecule has 3 N–H and O–H groups in total. The van der Waals surface area contributed by atoms with Gasteiger partial charge < -0.3 is 15.4 Å². The molecule has 1 amide bonds. The maximum atomic E-state index is 13.3. The number of rotatable bonds is 9. The summed E-state index contributed by atoms with van der Waals surface area (Å²) in [5.41, 5.74) is 5.32. The molecule has 2 rings (SSSR count). The van der Waals surface area contributed by atoms with E-state index in [4.69, 9.17) is 15.7 Å². The van der Waals surface area contributed by atoms with Gasteiger partial charge in [0, 0.05) is 13.1 Å². The van der Waals surface area contributed by atoms with E-state index in [1.54, 1.807) is 31.2 Å². The number of nitrogens with two attached hydrogens (primary N) is 1. The van der Waals surface area contributed by atoms with Crippen molar-refractivity contribution in [1.29, 1.82) is 5.26 Å². The molecule has 1 aromatic carbocycles. The molecule has 9 nitrogen and oxygen atoms in total. The number of unbranched alkanes of at least 4 members (excludes halogenated alkanes) is 1. The zero-order valence-electron chi connectivity index (χ0n) is 18.3. The van der Waals surface area contributed by atoms with Crippen LogP contribution in [0.15, 0.2) is 33.9 Å². The van der Waals surface area contributed by atoms with Crippen molar-refractivity contribution in [3.05, 3.63) is 50.7 Å². The summed E-state index contributed by atoms with van der Waals surface area (Å²) in [6.07, 6.45) is 0.504. The molecule has 0 aliphatic carbocycles. The number of carbonyl (C=O) groups is 1. The second-order valence-corrected chi connectivity index (χ2v) is 7.74. The minimum absolute atomic E-state index is 0.0440. The molecule has 0 saturated carbocycles. The van der Waals surface area contributed by atoms with Crippen molar-refractivity contribution in [3.8, 4) is 11.8 Å². The molecule has 0 fully saturated rings. The number of hydrogen-bond acceptors (Lipinski definition) is 6. The van der Waals surface area contributed by atoms with Crippen LogP contribution in [-0.4, -0.2) is 28.1 Å². The summed E-state index contributed by atoms with van der Waals surface area (Å²) in [5, 5.41) is 8.91. The lowest BCUT2D eigenvalue weighted by atomic mass is 10.2. The molecular weight excluding hydrogens is 398 g/mol. The van der Waals surface area contributed by atoms with E-state index in [1.165, 1.54) is 9.47 Å². The van der Waals surface area contributed by atoms with Gasteiger partial charge in [0.2, 0.25) is 0 Å². The van der Waals surface area contributed by atoms with Crippen LogP contribution in [0.5, 0.6) is 5.75 Å². The van der Waals surface area contributed by atoms with E-state index < -0.39 is 23.3 Å². The number of benzene rings is 1. The smallest absolute Gasteiger partial charge is 0.330 e. The molecule has 0 aliphatic rings. The Labute approximate surface area is 181 Å². The Balaban J connectivity index is 2.42. The monoisotopic (exact) mass is 427 g/mol. The second kappa shape index (κ2) is 10.5. The third-order valence-electron chi connectivity index (χ3n) is 4.68. The number of nitrogen functional groups attached to an aromatic ring is 1. The summed E-state index contributed by atoms with van der Waals surface area (Å²) >= 11 is 0. The van der Waals surface area contributed by atoms with Crippen LogP contribution in [0, 0.1) is 17.2 Å². The van der Waals surface area contributed by atoms with E-state index in [9.17, 15) is 14.4 Å². The molecule has 2 aromatic rings. The Morgan fingerprint density at radius 3 is 2.45 bits per heavy atom. The maximum absolute atomic E-state index is 13.3. The molecule has 0 aliphatic heterocycles. The highest BCUT2D eigenvalue weighted by Crippen LogP contribution is 2.21. The number of ether oxygens (including phenoxy) is 1. The van der Waals surface area contributed by atoms with E-state index in [2.05, 4.69) is 4.98 Å². The number of nitrogens with zero attached hydrogens (tertiary/aromatic N) is 3. The van der Waals surface area contributed by atoms with Gasteiger partial charge in [0.25, 0.3) is 11.5 Å². The summed E-state index contributed by atoms with van der Waals surface area (Å²) in [4.78, 5) is 41.7. The van der Waals surface area contributed by atoms with Gasteiger partial charge in [-0.05, 0) is 43.5 Å². The van der Waals surface area contributed by atoms with Gasteiger partial charge in [-0.1, -0.05) is 27.2 Å². The number of amides is 1. The number of aromatic amines is 1. The van der Waals surface area contributed by atoms with Crippen LogP contribution >= 0.6 is 0 Å². The Bertz CT molecular complexity index is 1060. The molecule has 1 unspecified atom stereocenters. The quantitative estimate of drug-likeness (QED) is 0.630. The third-order valence-corrected chi connectivity index (χ3v) is 4.68. The Morgan fingerprint density at radius 2 is 1.90 bits per heavy atom. The predicted molar refractivity (Wildman–Crippen MR) is 119 cm³/mol. The number of nitrogens with one attached hydrogen (secondary N) is 1. The van der Waals surface area contributed by atoms with Crippen LogP contribution in [0.1, 0.15) is 46.1 Å².